The number of nitrogens with zero attached hydrogens (tertiary/aromatic N) is 7. The van der Waals surface area contributed by atoms with Gasteiger partial charge in [0.05, 0.1) is 6.54 Å². The largest absolute Gasteiger partial charge is 0.491 e. The molecule has 232 valence electrons. The van der Waals surface area contributed by atoms with Crippen molar-refractivity contribution in [2.45, 2.75) is 51.9 Å². The van der Waals surface area contributed by atoms with Gasteiger partial charge < -0.3 is 24.4 Å². The highest BCUT2D eigenvalue weighted by atomic mass is 19.1. The zero-order chi connectivity index (χ0) is 31.3. The van der Waals surface area contributed by atoms with Crippen LogP contribution in [0.4, 0.5) is 20.8 Å². The molecule has 1 N–H and O–H groups in total. The first-order valence-corrected chi connectivity index (χ1v) is 14.3. The highest BCUT2D eigenvalue weighted by molar-refractivity contribution is 5.77. The number of carbonyl (C=O) groups excluding carboxylic acids is 1. The normalized spacial score (nSPS) is 14.0. The molecule has 0 spiro atoms. The van der Waals surface area contributed by atoms with E-state index in [9.17, 15) is 14.0 Å². The van der Waals surface area contributed by atoms with Crippen LogP contribution in [0.2, 0.25) is 0 Å². The van der Waals surface area contributed by atoms with Crippen LogP contribution in [0.3, 0.4) is 0 Å². The second-order valence-corrected chi connectivity index (χ2v) is 11.1. The first kappa shape index (κ1) is 30.4. The third-order valence-corrected chi connectivity index (χ3v) is 6.64. The molecule has 5 rings (SSSR count). The summed E-state index contributed by atoms with van der Waals surface area (Å²) < 4.78 is 32.3. The molecule has 4 heterocycles. The molecule has 1 aromatic carbocycles. The quantitative estimate of drug-likeness (QED) is 0.258. The van der Waals surface area contributed by atoms with E-state index in [4.69, 9.17) is 14.2 Å². The van der Waals surface area contributed by atoms with Crippen LogP contribution in [0.1, 0.15) is 33.6 Å². The van der Waals surface area contributed by atoms with E-state index >= 15 is 0 Å². The maximum atomic E-state index is 13.3. The van der Waals surface area contributed by atoms with Crippen molar-refractivity contribution in [3.63, 3.8) is 0 Å². The number of likely N-dealkylation sites (tertiary alicyclic amines) is 1. The lowest BCUT2D eigenvalue weighted by molar-refractivity contribution is 0.0119. The van der Waals surface area contributed by atoms with Gasteiger partial charge in [0.2, 0.25) is 5.95 Å². The van der Waals surface area contributed by atoms with Crippen LogP contribution in [0.15, 0.2) is 60.2 Å². The summed E-state index contributed by atoms with van der Waals surface area (Å²) in [5, 5.41) is 3.41. The topological polar surface area (TPSA) is 139 Å². The van der Waals surface area contributed by atoms with Gasteiger partial charge in [0, 0.05) is 50.1 Å². The first-order valence-electron chi connectivity index (χ1n) is 14.3. The number of ether oxygens (including phenoxy) is 3. The molecule has 3 aromatic heterocycles. The lowest BCUT2D eigenvalue weighted by atomic mass is 10.1. The number of anilines is 2. The molecule has 14 heteroatoms. The highest BCUT2D eigenvalue weighted by Gasteiger charge is 2.28. The van der Waals surface area contributed by atoms with Gasteiger partial charge in [-0.25, -0.2) is 28.5 Å². The van der Waals surface area contributed by atoms with Gasteiger partial charge in [0.15, 0.2) is 11.5 Å². The average Bonchev–Trinajstić information content (AvgIpc) is 3.27. The molecule has 1 fully saturated rings. The van der Waals surface area contributed by atoms with Gasteiger partial charge in [-0.2, -0.15) is 9.97 Å². The lowest BCUT2D eigenvalue weighted by Gasteiger charge is -2.33. The van der Waals surface area contributed by atoms with Gasteiger partial charge in [-0.15, -0.1) is 6.58 Å². The summed E-state index contributed by atoms with van der Waals surface area (Å²) >= 11 is 0. The van der Waals surface area contributed by atoms with Crippen molar-refractivity contribution in [2.24, 2.45) is 0 Å². The number of hydrogen-bond donors (Lipinski definition) is 1. The molecule has 1 saturated heterocycles. The van der Waals surface area contributed by atoms with Crippen molar-refractivity contribution in [2.75, 3.05) is 31.7 Å². The highest BCUT2D eigenvalue weighted by Crippen LogP contribution is 2.23. The number of piperidine rings is 1. The minimum Gasteiger partial charge on any atom is -0.491 e. The summed E-state index contributed by atoms with van der Waals surface area (Å²) in [6, 6.07) is 8.71. The Balaban J connectivity index is 1.37. The Bertz CT molecular complexity index is 1670. The van der Waals surface area contributed by atoms with Crippen LogP contribution in [-0.2, 0) is 11.3 Å². The number of aromatic nitrogens is 6. The monoisotopic (exact) mass is 606 g/mol. The Morgan fingerprint density at radius 2 is 1.89 bits per heavy atom. The third kappa shape index (κ3) is 7.13. The minimum atomic E-state index is -0.573. The van der Waals surface area contributed by atoms with Crippen LogP contribution in [0.5, 0.6) is 11.8 Å². The van der Waals surface area contributed by atoms with E-state index in [1.54, 1.807) is 52.2 Å². The van der Waals surface area contributed by atoms with Crippen LogP contribution in [-0.4, -0.2) is 78.4 Å². The van der Waals surface area contributed by atoms with Crippen LogP contribution in [0.25, 0.3) is 16.9 Å². The SMILES string of the molecule is C=CCn1c(=O)c2cnc(Nc3ccc(OCCF)cc3)nc2n1-c1ccnc(OC2CCN(C(=O)OC(C)(C)C)CC2)n1. The summed E-state index contributed by atoms with van der Waals surface area (Å²) in [6.07, 6.45) is 5.25. The Hall–Kier alpha value is -5.01. The molecule has 0 bridgehead atoms. The van der Waals surface area contributed by atoms with Crippen molar-refractivity contribution in [1.82, 2.24) is 34.2 Å². The Morgan fingerprint density at radius 1 is 1.14 bits per heavy atom. The van der Waals surface area contributed by atoms with Crippen molar-refractivity contribution >= 4 is 28.8 Å². The summed E-state index contributed by atoms with van der Waals surface area (Å²) in [7, 11) is 0. The smallest absolute Gasteiger partial charge is 0.410 e. The number of halogens is 1. The number of carbonyl (C=O) groups is 1. The van der Waals surface area contributed by atoms with E-state index in [0.717, 1.165) is 0 Å². The Kier molecular flexibility index (Phi) is 9.07. The van der Waals surface area contributed by atoms with Gasteiger partial charge in [-0.05, 0) is 45.0 Å². The lowest BCUT2D eigenvalue weighted by Crippen LogP contribution is -2.44. The number of hydrogen-bond acceptors (Lipinski definition) is 10. The molecule has 0 atom stereocenters. The fraction of sp³-hybridized carbons (Fsp3) is 0.400. The molecule has 0 unspecified atom stereocenters. The average molecular weight is 607 g/mol. The predicted octanol–water partition coefficient (Wildman–Crippen LogP) is 4.43. The molecular formula is C30H35FN8O5. The summed E-state index contributed by atoms with van der Waals surface area (Å²) in [6.45, 7) is 9.88. The van der Waals surface area contributed by atoms with Crippen molar-refractivity contribution in [3.05, 3.63) is 65.7 Å². The standard InChI is InChI=1S/C30H35FN8O5/c1-5-15-38-26(40)23-19-33-27(34-20-6-8-21(9-7-20)42-18-13-31)36-25(23)39(38)24-10-14-32-28(35-24)43-22-11-16-37(17-12-22)29(41)44-30(2,3)4/h5-10,14,19,22H,1,11-13,15-18H2,2-4H3,(H,33,34,36). The fourth-order valence-electron chi connectivity index (χ4n) is 4.67. The van der Waals surface area contributed by atoms with Gasteiger partial charge in [0.25, 0.3) is 5.56 Å². The number of benzene rings is 1. The maximum Gasteiger partial charge on any atom is 0.410 e. The maximum absolute atomic E-state index is 13.3. The van der Waals surface area contributed by atoms with E-state index < -0.39 is 12.3 Å². The fourth-order valence-corrected chi connectivity index (χ4v) is 4.67. The molecule has 0 saturated carbocycles. The number of nitrogens with one attached hydrogen (secondary N) is 1. The van der Waals surface area contributed by atoms with E-state index in [-0.39, 0.29) is 42.9 Å². The Morgan fingerprint density at radius 3 is 2.57 bits per heavy atom. The Labute approximate surface area is 253 Å². The van der Waals surface area contributed by atoms with E-state index in [2.05, 4.69) is 31.8 Å². The van der Waals surface area contributed by atoms with Crippen LogP contribution in [0, 0.1) is 0 Å². The number of amides is 1. The molecule has 44 heavy (non-hydrogen) atoms. The molecular weight excluding hydrogens is 571 g/mol. The molecule has 0 aliphatic carbocycles. The van der Waals surface area contributed by atoms with Gasteiger partial charge in [-0.3, -0.25) is 4.79 Å². The van der Waals surface area contributed by atoms with Crippen LogP contribution < -0.4 is 20.3 Å². The van der Waals surface area contributed by atoms with Crippen molar-refractivity contribution in [3.8, 4) is 17.6 Å². The molecule has 13 nitrogen and oxygen atoms in total. The molecule has 1 amide bonds. The summed E-state index contributed by atoms with van der Waals surface area (Å²) in [4.78, 5) is 45.3. The van der Waals surface area contributed by atoms with Crippen LogP contribution >= 0.6 is 0 Å². The predicted molar refractivity (Wildman–Crippen MR) is 162 cm³/mol. The third-order valence-electron chi connectivity index (χ3n) is 6.64. The molecule has 0 radical (unpaired) electrons. The summed E-state index contributed by atoms with van der Waals surface area (Å²) in [5.74, 6) is 1.16. The summed E-state index contributed by atoms with van der Waals surface area (Å²) in [5.41, 5.74) is 0.129. The van der Waals surface area contributed by atoms with Crippen molar-refractivity contribution in [1.29, 1.82) is 0 Å². The van der Waals surface area contributed by atoms with E-state index in [1.165, 1.54) is 10.9 Å². The second kappa shape index (κ2) is 13.1. The van der Waals surface area contributed by atoms with Gasteiger partial charge in [-0.1, -0.05) is 6.08 Å². The number of allylic oxidation sites excluding steroid dienone is 1. The zero-order valence-corrected chi connectivity index (χ0v) is 24.9. The number of rotatable bonds is 10. The van der Waals surface area contributed by atoms with Gasteiger partial charge in [0.1, 0.15) is 36.1 Å². The van der Waals surface area contributed by atoms with E-state index in [1.807, 2.05) is 20.8 Å². The van der Waals surface area contributed by atoms with Crippen molar-refractivity contribution < 1.29 is 23.4 Å². The van der Waals surface area contributed by atoms with E-state index in [0.29, 0.717) is 54.2 Å². The number of alkyl halides is 1. The molecule has 4 aromatic rings. The first-order chi connectivity index (χ1) is 21.1. The molecule has 1 aliphatic heterocycles. The number of fused-ring (bicyclic) bond motifs is 1. The zero-order valence-electron chi connectivity index (χ0n) is 24.9. The second-order valence-electron chi connectivity index (χ2n) is 11.1. The molecule has 1 aliphatic rings. The minimum absolute atomic E-state index is 0.0189. The van der Waals surface area contributed by atoms with Gasteiger partial charge >= 0.3 is 12.1 Å².